The Morgan fingerprint density at radius 2 is 1.96 bits per heavy atom. The number of fused-ring (bicyclic) bond motifs is 1. The van der Waals surface area contributed by atoms with Crippen LogP contribution < -0.4 is 5.32 Å². The van der Waals surface area contributed by atoms with E-state index in [1.165, 1.54) is 50.2 Å². The van der Waals surface area contributed by atoms with Crippen molar-refractivity contribution in [1.29, 1.82) is 0 Å². The maximum Gasteiger partial charge on any atom is 0.230 e. The summed E-state index contributed by atoms with van der Waals surface area (Å²) in [6, 6.07) is 9.88. The van der Waals surface area contributed by atoms with Gasteiger partial charge in [-0.25, -0.2) is 14.6 Å². The van der Waals surface area contributed by atoms with Gasteiger partial charge in [-0.1, -0.05) is 49.2 Å². The molecule has 1 saturated carbocycles. The number of carbonyl (C=O) groups excluding carboxylic acids is 1. The average molecular weight is 382 g/mol. The summed E-state index contributed by atoms with van der Waals surface area (Å²) in [6.07, 6.45) is 9.69. The van der Waals surface area contributed by atoms with Crippen molar-refractivity contribution >= 4 is 28.7 Å². The van der Waals surface area contributed by atoms with Crippen LogP contribution in [0.4, 0.5) is 0 Å². The van der Waals surface area contributed by atoms with Crippen molar-refractivity contribution in [2.24, 2.45) is 5.92 Å². The topological polar surface area (TPSA) is 72.7 Å². The molecule has 0 aliphatic heterocycles. The fourth-order valence-corrected chi connectivity index (χ4v) is 4.32. The first kappa shape index (κ1) is 18.0. The molecular formula is C20H23N5OS. The summed E-state index contributed by atoms with van der Waals surface area (Å²) in [5.74, 6) is 1.06. The molecule has 0 saturated heterocycles. The third-order valence-electron chi connectivity index (χ3n) is 4.98. The van der Waals surface area contributed by atoms with Gasteiger partial charge in [0.1, 0.15) is 11.4 Å². The number of hydrogen-bond acceptors (Lipinski definition) is 5. The SMILES string of the molecule is O=C(CSc1ncnc2c1cnn2-c1ccccc1)NCC1CCCCC1. The molecule has 0 unspecified atom stereocenters. The monoisotopic (exact) mass is 381 g/mol. The van der Waals surface area contributed by atoms with Gasteiger partial charge >= 0.3 is 0 Å². The Kier molecular flexibility index (Phi) is 5.67. The Bertz CT molecular complexity index is 905. The number of para-hydroxylation sites is 1. The van der Waals surface area contributed by atoms with Crippen molar-refractivity contribution in [1.82, 2.24) is 25.1 Å². The van der Waals surface area contributed by atoms with Gasteiger partial charge in [0.2, 0.25) is 5.91 Å². The number of rotatable bonds is 6. The molecule has 140 valence electrons. The minimum Gasteiger partial charge on any atom is -0.355 e. The number of thioether (sulfide) groups is 1. The second kappa shape index (κ2) is 8.52. The smallest absolute Gasteiger partial charge is 0.230 e. The molecule has 1 aromatic carbocycles. The lowest BCUT2D eigenvalue weighted by molar-refractivity contribution is -0.118. The van der Waals surface area contributed by atoms with E-state index < -0.39 is 0 Å². The van der Waals surface area contributed by atoms with E-state index in [1.54, 1.807) is 10.9 Å². The largest absolute Gasteiger partial charge is 0.355 e. The molecule has 0 radical (unpaired) electrons. The van der Waals surface area contributed by atoms with Gasteiger partial charge in [0.15, 0.2) is 5.65 Å². The Morgan fingerprint density at radius 1 is 1.15 bits per heavy atom. The molecule has 1 aliphatic carbocycles. The lowest BCUT2D eigenvalue weighted by atomic mass is 9.89. The molecule has 1 amide bonds. The molecule has 0 atom stereocenters. The third-order valence-corrected chi connectivity index (χ3v) is 5.99. The normalized spacial score (nSPS) is 15.1. The van der Waals surface area contributed by atoms with Crippen molar-refractivity contribution < 1.29 is 4.79 Å². The highest BCUT2D eigenvalue weighted by Gasteiger charge is 2.16. The predicted octanol–water partition coefficient (Wildman–Crippen LogP) is 3.60. The van der Waals surface area contributed by atoms with Crippen molar-refractivity contribution in [2.75, 3.05) is 12.3 Å². The van der Waals surface area contributed by atoms with Gasteiger partial charge < -0.3 is 5.32 Å². The summed E-state index contributed by atoms with van der Waals surface area (Å²) in [6.45, 7) is 0.796. The molecule has 3 aromatic rings. The Balaban J connectivity index is 1.40. The Labute approximate surface area is 162 Å². The van der Waals surface area contributed by atoms with E-state index in [0.717, 1.165) is 28.3 Å². The Hall–Kier alpha value is -2.41. The molecule has 0 spiro atoms. The van der Waals surface area contributed by atoms with Crippen LogP contribution in [0.2, 0.25) is 0 Å². The second-order valence-corrected chi connectivity index (χ2v) is 7.87. The first-order valence-corrected chi connectivity index (χ1v) is 10.4. The molecule has 6 nitrogen and oxygen atoms in total. The quantitative estimate of drug-likeness (QED) is 0.522. The molecule has 0 bridgehead atoms. The van der Waals surface area contributed by atoms with Crippen LogP contribution in [0.5, 0.6) is 0 Å². The molecule has 2 heterocycles. The van der Waals surface area contributed by atoms with Crippen LogP contribution in [0, 0.1) is 5.92 Å². The van der Waals surface area contributed by atoms with Crippen LogP contribution in [0.3, 0.4) is 0 Å². The van der Waals surface area contributed by atoms with Gasteiger partial charge in [0, 0.05) is 6.54 Å². The van der Waals surface area contributed by atoms with Crippen molar-refractivity contribution in [3.63, 3.8) is 0 Å². The van der Waals surface area contributed by atoms with Crippen molar-refractivity contribution in [3.8, 4) is 5.69 Å². The molecule has 1 fully saturated rings. The lowest BCUT2D eigenvalue weighted by Crippen LogP contribution is -2.31. The summed E-state index contributed by atoms with van der Waals surface area (Å²) in [5.41, 5.74) is 1.70. The zero-order chi connectivity index (χ0) is 18.5. The van der Waals surface area contributed by atoms with Crippen molar-refractivity contribution in [2.45, 2.75) is 37.1 Å². The molecule has 7 heteroatoms. The van der Waals surface area contributed by atoms with Crippen LogP contribution in [0.15, 0.2) is 47.9 Å². The summed E-state index contributed by atoms with van der Waals surface area (Å²) in [7, 11) is 0. The maximum absolute atomic E-state index is 12.2. The highest BCUT2D eigenvalue weighted by Crippen LogP contribution is 2.26. The fourth-order valence-electron chi connectivity index (χ4n) is 3.53. The standard InChI is InChI=1S/C20H23N5OS/c26-18(21-11-15-7-3-1-4-8-15)13-27-20-17-12-24-25(19(17)22-14-23-20)16-9-5-2-6-10-16/h2,5-6,9-10,12,14-15H,1,3-4,7-8,11,13H2,(H,21,26). The van der Waals surface area contributed by atoms with Gasteiger partial charge in [-0.3, -0.25) is 4.79 Å². The Morgan fingerprint density at radius 3 is 2.78 bits per heavy atom. The number of nitrogens with zero attached hydrogens (tertiary/aromatic N) is 4. The summed E-state index contributed by atoms with van der Waals surface area (Å²) < 4.78 is 1.80. The van der Waals surface area contributed by atoms with Gasteiger partial charge in [-0.15, -0.1) is 0 Å². The van der Waals surface area contributed by atoms with Crippen LogP contribution >= 0.6 is 11.8 Å². The van der Waals surface area contributed by atoms with Crippen molar-refractivity contribution in [3.05, 3.63) is 42.9 Å². The van der Waals surface area contributed by atoms with E-state index in [1.807, 2.05) is 30.3 Å². The van der Waals surface area contributed by atoms with E-state index >= 15 is 0 Å². The van der Waals surface area contributed by atoms with Crippen LogP contribution in [0.25, 0.3) is 16.7 Å². The second-order valence-electron chi connectivity index (χ2n) is 6.90. The molecule has 1 N–H and O–H groups in total. The van der Waals surface area contributed by atoms with Crippen LogP contribution in [-0.4, -0.2) is 38.0 Å². The average Bonchev–Trinajstić information content (AvgIpc) is 3.17. The molecule has 2 aromatic heterocycles. The minimum atomic E-state index is 0.0628. The highest BCUT2D eigenvalue weighted by atomic mass is 32.2. The number of carbonyl (C=O) groups is 1. The maximum atomic E-state index is 12.2. The highest BCUT2D eigenvalue weighted by molar-refractivity contribution is 8.00. The zero-order valence-electron chi connectivity index (χ0n) is 15.2. The number of amides is 1. The van der Waals surface area contributed by atoms with Gasteiger partial charge in [0.25, 0.3) is 0 Å². The summed E-state index contributed by atoms with van der Waals surface area (Å²) >= 11 is 1.44. The van der Waals surface area contributed by atoms with Crippen LogP contribution in [0.1, 0.15) is 32.1 Å². The fraction of sp³-hybridized carbons (Fsp3) is 0.400. The van der Waals surface area contributed by atoms with E-state index in [2.05, 4.69) is 20.4 Å². The number of aromatic nitrogens is 4. The van der Waals surface area contributed by atoms with E-state index in [4.69, 9.17) is 0 Å². The van der Waals surface area contributed by atoms with E-state index in [9.17, 15) is 4.79 Å². The van der Waals surface area contributed by atoms with Gasteiger partial charge in [0.05, 0.1) is 23.0 Å². The lowest BCUT2D eigenvalue weighted by Gasteiger charge is -2.21. The predicted molar refractivity (Wildman–Crippen MR) is 107 cm³/mol. The third kappa shape index (κ3) is 4.30. The van der Waals surface area contributed by atoms with Gasteiger partial charge in [-0.05, 0) is 30.9 Å². The number of benzene rings is 1. The summed E-state index contributed by atoms with van der Waals surface area (Å²) in [5, 5.41) is 9.18. The van der Waals surface area contributed by atoms with E-state index in [0.29, 0.717) is 11.7 Å². The van der Waals surface area contributed by atoms with Crippen LogP contribution in [-0.2, 0) is 4.79 Å². The first-order chi connectivity index (χ1) is 13.3. The number of nitrogens with one attached hydrogen (secondary N) is 1. The summed E-state index contributed by atoms with van der Waals surface area (Å²) in [4.78, 5) is 21.0. The molecule has 1 aliphatic rings. The molecule has 27 heavy (non-hydrogen) atoms. The molecule has 4 rings (SSSR count). The first-order valence-electron chi connectivity index (χ1n) is 9.45. The number of hydrogen-bond donors (Lipinski definition) is 1. The zero-order valence-corrected chi connectivity index (χ0v) is 16.0. The van der Waals surface area contributed by atoms with Gasteiger partial charge in [-0.2, -0.15) is 5.10 Å². The molecular weight excluding hydrogens is 358 g/mol. The van der Waals surface area contributed by atoms with E-state index in [-0.39, 0.29) is 5.91 Å². The minimum absolute atomic E-state index is 0.0628.